The van der Waals surface area contributed by atoms with Crippen LogP contribution in [0.25, 0.3) is 0 Å². The molecule has 4 heteroatoms. The summed E-state index contributed by atoms with van der Waals surface area (Å²) >= 11 is 0. The minimum Gasteiger partial charge on any atom is -0.307 e. The largest absolute Gasteiger partial charge is 0.307 e. The smallest absolute Gasteiger partial charge is 0.106 e. The SMILES string of the molecule is C=O.C=O.C=O.CC1=C/C=C\C=C/C=C1.[Ru]. The molecule has 0 fully saturated rings. The fourth-order valence-corrected chi connectivity index (χ4v) is 0.663. The van der Waals surface area contributed by atoms with E-state index in [2.05, 4.69) is 19.1 Å². The van der Waals surface area contributed by atoms with Crippen LogP contribution in [0.4, 0.5) is 0 Å². The van der Waals surface area contributed by atoms with Crippen LogP contribution in [0.3, 0.4) is 0 Å². The van der Waals surface area contributed by atoms with Gasteiger partial charge in [0.05, 0.1) is 0 Å². The first-order chi connectivity index (χ1) is 7.39. The molecule has 0 saturated heterocycles. The maximum Gasteiger partial charge on any atom is 0.106 e. The standard InChI is InChI=1S/C9H10.3CH2O.Ru/c1-9-7-5-3-2-4-6-8-9;3*1-2;/h2-8H,1H3;3*1H2;/b3-2-,4-2?,5-3?,6-4-,7-5?,8-6?,9-7?,9-8?;;;;. The van der Waals surface area contributed by atoms with Gasteiger partial charge in [-0.3, -0.25) is 0 Å². The van der Waals surface area contributed by atoms with Crippen LogP contribution in [0, 0.1) is 0 Å². The Morgan fingerprint density at radius 2 is 1.12 bits per heavy atom. The van der Waals surface area contributed by atoms with E-state index in [1.807, 2.05) is 50.7 Å². The summed E-state index contributed by atoms with van der Waals surface area (Å²) in [6, 6.07) is 0. The molecule has 0 aromatic heterocycles. The fraction of sp³-hybridized carbons (Fsp3) is 0.0833. The third-order valence-corrected chi connectivity index (χ3v) is 1.16. The van der Waals surface area contributed by atoms with Gasteiger partial charge in [-0.2, -0.15) is 0 Å². The third kappa shape index (κ3) is 22.9. The molecule has 0 spiro atoms. The average Bonchev–Trinajstić information content (AvgIpc) is 2.32. The van der Waals surface area contributed by atoms with Crippen molar-refractivity contribution in [2.24, 2.45) is 0 Å². The Hall–Kier alpha value is -1.41. The van der Waals surface area contributed by atoms with Gasteiger partial charge in [0, 0.05) is 19.5 Å². The average molecular weight is 309 g/mol. The summed E-state index contributed by atoms with van der Waals surface area (Å²) < 4.78 is 0. The van der Waals surface area contributed by atoms with Crippen molar-refractivity contribution in [1.82, 2.24) is 0 Å². The van der Waals surface area contributed by atoms with Crippen molar-refractivity contribution in [3.05, 3.63) is 48.1 Å². The number of carbonyl (C=O) groups excluding carboxylic acids is 3. The summed E-state index contributed by atoms with van der Waals surface area (Å²) in [5.41, 5.74) is 1.29. The van der Waals surface area contributed by atoms with Crippen LogP contribution in [0.2, 0.25) is 0 Å². The molecule has 0 aromatic rings. The number of rotatable bonds is 0. The van der Waals surface area contributed by atoms with E-state index < -0.39 is 0 Å². The van der Waals surface area contributed by atoms with Gasteiger partial charge < -0.3 is 14.4 Å². The molecule has 0 amide bonds. The Labute approximate surface area is 109 Å². The number of carbonyl (C=O) groups is 3. The zero-order chi connectivity index (χ0) is 12.5. The molecule has 0 bridgehead atoms. The predicted molar refractivity (Wildman–Crippen MR) is 62.5 cm³/mol. The molecule has 0 heterocycles. The van der Waals surface area contributed by atoms with E-state index in [-0.39, 0.29) is 19.5 Å². The first-order valence-electron chi connectivity index (χ1n) is 3.94. The maximum atomic E-state index is 8.00. The molecule has 0 radical (unpaired) electrons. The summed E-state index contributed by atoms with van der Waals surface area (Å²) in [6.45, 7) is 8.08. The minimum atomic E-state index is 0. The molecule has 0 atom stereocenters. The second kappa shape index (κ2) is 29.2. The van der Waals surface area contributed by atoms with Crippen LogP contribution in [-0.2, 0) is 33.9 Å². The Balaban J connectivity index is -0.0000000900. The number of hydrogen-bond donors (Lipinski definition) is 0. The van der Waals surface area contributed by atoms with Gasteiger partial charge in [-0.05, 0) is 6.92 Å². The molecule has 0 aliphatic heterocycles. The minimum absolute atomic E-state index is 0. The van der Waals surface area contributed by atoms with Gasteiger partial charge >= 0.3 is 0 Å². The zero-order valence-corrected chi connectivity index (χ0v) is 11.0. The predicted octanol–water partition coefficient (Wildman–Crippen LogP) is 2.06. The van der Waals surface area contributed by atoms with Crippen molar-refractivity contribution in [3.8, 4) is 0 Å². The van der Waals surface area contributed by atoms with Crippen molar-refractivity contribution in [1.29, 1.82) is 0 Å². The second-order valence-electron chi connectivity index (χ2n) is 2.04. The summed E-state index contributed by atoms with van der Waals surface area (Å²) in [5, 5.41) is 0. The molecule has 1 rings (SSSR count). The Morgan fingerprint density at radius 3 is 1.62 bits per heavy atom. The monoisotopic (exact) mass is 310 g/mol. The molecular weight excluding hydrogens is 293 g/mol. The van der Waals surface area contributed by atoms with Crippen LogP contribution in [0.5, 0.6) is 0 Å². The van der Waals surface area contributed by atoms with Crippen LogP contribution in [0.15, 0.2) is 48.1 Å². The van der Waals surface area contributed by atoms with Crippen LogP contribution < -0.4 is 0 Å². The first kappa shape index (κ1) is 24.0. The molecule has 16 heavy (non-hydrogen) atoms. The van der Waals surface area contributed by atoms with Gasteiger partial charge in [-0.1, -0.05) is 48.1 Å². The van der Waals surface area contributed by atoms with Crippen LogP contribution in [-0.4, -0.2) is 20.4 Å². The topological polar surface area (TPSA) is 51.2 Å². The van der Waals surface area contributed by atoms with E-state index in [0.29, 0.717) is 0 Å². The van der Waals surface area contributed by atoms with E-state index in [1.54, 1.807) is 0 Å². The van der Waals surface area contributed by atoms with Crippen molar-refractivity contribution in [2.45, 2.75) is 6.92 Å². The van der Waals surface area contributed by atoms with Gasteiger partial charge in [0.2, 0.25) is 0 Å². The van der Waals surface area contributed by atoms with E-state index in [0.717, 1.165) is 0 Å². The van der Waals surface area contributed by atoms with Gasteiger partial charge in [-0.15, -0.1) is 0 Å². The summed E-state index contributed by atoms with van der Waals surface area (Å²) in [6.07, 6.45) is 14.3. The van der Waals surface area contributed by atoms with Gasteiger partial charge in [-0.25, -0.2) is 0 Å². The van der Waals surface area contributed by atoms with Gasteiger partial charge in [0.25, 0.3) is 0 Å². The van der Waals surface area contributed by atoms with Crippen LogP contribution >= 0.6 is 0 Å². The zero-order valence-electron chi connectivity index (χ0n) is 9.24. The molecule has 90 valence electrons. The van der Waals surface area contributed by atoms with Gasteiger partial charge in [0.1, 0.15) is 20.4 Å². The van der Waals surface area contributed by atoms with Crippen molar-refractivity contribution >= 4 is 20.4 Å². The number of allylic oxidation sites excluding steroid dienone is 8. The quantitative estimate of drug-likeness (QED) is 0.644. The second-order valence-corrected chi connectivity index (χ2v) is 2.04. The third-order valence-electron chi connectivity index (χ3n) is 1.16. The van der Waals surface area contributed by atoms with Crippen molar-refractivity contribution in [2.75, 3.05) is 0 Å². The number of hydrogen-bond acceptors (Lipinski definition) is 3. The summed E-state index contributed by atoms with van der Waals surface area (Å²) in [7, 11) is 0. The molecule has 1 aliphatic rings. The van der Waals surface area contributed by atoms with Crippen molar-refractivity contribution in [3.63, 3.8) is 0 Å². The summed E-state index contributed by atoms with van der Waals surface area (Å²) in [4.78, 5) is 24.0. The molecule has 0 saturated carbocycles. The molecular formula is C12H16O3Ru. The normalized spacial score (nSPS) is 14.2. The van der Waals surface area contributed by atoms with E-state index in [1.165, 1.54) is 5.57 Å². The van der Waals surface area contributed by atoms with E-state index in [9.17, 15) is 0 Å². The summed E-state index contributed by atoms with van der Waals surface area (Å²) in [5.74, 6) is 0. The fourth-order valence-electron chi connectivity index (χ4n) is 0.663. The Kier molecular flexibility index (Phi) is 43.8. The van der Waals surface area contributed by atoms with E-state index >= 15 is 0 Å². The van der Waals surface area contributed by atoms with E-state index in [4.69, 9.17) is 14.4 Å². The first-order valence-corrected chi connectivity index (χ1v) is 3.94. The Bertz CT molecular complexity index is 238. The Morgan fingerprint density at radius 1 is 0.750 bits per heavy atom. The maximum absolute atomic E-state index is 8.00. The molecule has 3 nitrogen and oxygen atoms in total. The molecule has 1 aliphatic carbocycles. The molecule has 0 aromatic carbocycles. The molecule has 0 unspecified atom stereocenters. The van der Waals surface area contributed by atoms with Gasteiger partial charge in [0.15, 0.2) is 0 Å². The molecule has 0 N–H and O–H groups in total. The van der Waals surface area contributed by atoms with Crippen LogP contribution in [0.1, 0.15) is 6.92 Å². The van der Waals surface area contributed by atoms with Crippen molar-refractivity contribution < 1.29 is 33.9 Å².